The Morgan fingerprint density at radius 3 is 1.35 bits per heavy atom. The zero-order valence-corrected chi connectivity index (χ0v) is 42.1. The van der Waals surface area contributed by atoms with E-state index in [-0.39, 0.29) is 12.8 Å². The summed E-state index contributed by atoms with van der Waals surface area (Å²) in [6.45, 7) is 2.44. The van der Waals surface area contributed by atoms with Crippen molar-refractivity contribution in [2.75, 3.05) is 19.8 Å². The molecule has 12 heteroatoms. The minimum absolute atomic E-state index is 0.0165. The summed E-state index contributed by atoms with van der Waals surface area (Å²) in [5.74, 6) is -2.49. The number of esters is 1. The molecule has 0 aromatic carbocycles. The number of aliphatic carboxylic acids is 1. The Kier molecular flexibility index (Phi) is 45.7. The second-order valence-corrected chi connectivity index (χ2v) is 18.4. The number of aliphatic hydroxyl groups is 1. The highest BCUT2D eigenvalue weighted by atomic mass is 31.2. The van der Waals surface area contributed by atoms with Crippen LogP contribution < -0.4 is 5.32 Å². The number of carboxylic acid groups (broad SMARTS) is 1. The van der Waals surface area contributed by atoms with Gasteiger partial charge in [-0.25, -0.2) is 9.36 Å². The van der Waals surface area contributed by atoms with Gasteiger partial charge in [0.25, 0.3) is 0 Å². The van der Waals surface area contributed by atoms with Crippen LogP contribution in [0.15, 0.2) is 85.1 Å². The maximum absolute atomic E-state index is 12.3. The third-order valence-corrected chi connectivity index (χ3v) is 11.6. The number of rotatable bonds is 47. The second kappa shape index (κ2) is 48.1. The molecular formula is C54H92NO10P. The van der Waals surface area contributed by atoms with Gasteiger partial charge in [-0.3, -0.25) is 18.6 Å². The normalized spacial score (nSPS) is 14.2. The molecular weight excluding hydrogens is 854 g/mol. The number of amides is 1. The fourth-order valence-electron chi connectivity index (χ4n) is 6.75. The molecule has 0 aliphatic heterocycles. The second-order valence-electron chi connectivity index (χ2n) is 17.0. The number of aliphatic hydroxyl groups excluding tert-OH is 1. The quantitative estimate of drug-likeness (QED) is 0.0199. The summed E-state index contributed by atoms with van der Waals surface area (Å²) in [6.07, 6.45) is 60.6. The van der Waals surface area contributed by atoms with Gasteiger partial charge >= 0.3 is 19.8 Å². The molecule has 0 rings (SSSR count). The molecule has 0 saturated carbocycles. The summed E-state index contributed by atoms with van der Waals surface area (Å²) < 4.78 is 26.9. The molecule has 0 aromatic rings. The average Bonchev–Trinajstić information content (AvgIpc) is 3.29. The van der Waals surface area contributed by atoms with Gasteiger partial charge in [-0.1, -0.05) is 202 Å². The van der Waals surface area contributed by atoms with Gasteiger partial charge in [-0.15, -0.1) is 0 Å². The first-order valence-corrected chi connectivity index (χ1v) is 27.1. The van der Waals surface area contributed by atoms with Gasteiger partial charge in [0.1, 0.15) is 12.7 Å². The van der Waals surface area contributed by atoms with Crippen LogP contribution in [0.3, 0.4) is 0 Å². The predicted molar refractivity (Wildman–Crippen MR) is 272 cm³/mol. The smallest absolute Gasteiger partial charge is 0.472 e. The van der Waals surface area contributed by atoms with Crippen LogP contribution in [0.4, 0.5) is 0 Å². The van der Waals surface area contributed by atoms with Crippen molar-refractivity contribution >= 4 is 25.7 Å². The van der Waals surface area contributed by atoms with Crippen LogP contribution in [-0.4, -0.2) is 64.9 Å². The first-order chi connectivity index (χ1) is 32.1. The number of ether oxygens (including phenoxy) is 1. The lowest BCUT2D eigenvalue weighted by molar-refractivity contribution is -0.147. The number of phosphoric ester groups is 1. The largest absolute Gasteiger partial charge is 0.480 e. The maximum Gasteiger partial charge on any atom is 0.472 e. The molecule has 3 atom stereocenters. The zero-order valence-electron chi connectivity index (χ0n) is 41.2. The van der Waals surface area contributed by atoms with Crippen LogP contribution in [-0.2, 0) is 32.7 Å². The Labute approximate surface area is 401 Å². The van der Waals surface area contributed by atoms with E-state index < -0.39 is 57.6 Å². The lowest BCUT2D eigenvalue weighted by Crippen LogP contribution is -2.43. The molecule has 1 amide bonds. The molecule has 0 aromatic heterocycles. The number of carbonyl (C=O) groups excluding carboxylic acids is 2. The number of hydrogen-bond acceptors (Lipinski definition) is 8. The van der Waals surface area contributed by atoms with E-state index in [0.29, 0.717) is 19.3 Å². The molecule has 66 heavy (non-hydrogen) atoms. The fraction of sp³-hybridized carbons (Fsp3) is 0.685. The van der Waals surface area contributed by atoms with Crippen LogP contribution >= 0.6 is 7.82 Å². The molecule has 0 fully saturated rings. The van der Waals surface area contributed by atoms with E-state index in [0.717, 1.165) is 51.4 Å². The SMILES string of the molecule is CC/C=C\C/C=C\C/C=C\C/C=C\C/C=C\C/C=C\CCC(=O)NC(COP(=O)(O)OCC(O)COC(=O)CCCCCCCCCCCCCCC/C=C/CCCCCCCC)C(=O)O. The molecule has 0 bridgehead atoms. The first-order valence-electron chi connectivity index (χ1n) is 25.6. The molecule has 378 valence electrons. The van der Waals surface area contributed by atoms with E-state index in [1.54, 1.807) is 0 Å². The van der Waals surface area contributed by atoms with E-state index in [1.165, 1.54) is 109 Å². The summed E-state index contributed by atoms with van der Waals surface area (Å²) >= 11 is 0. The Hall–Kier alpha value is -3.34. The summed E-state index contributed by atoms with van der Waals surface area (Å²) in [5, 5.41) is 21.8. The number of carbonyl (C=O) groups is 3. The third-order valence-electron chi connectivity index (χ3n) is 10.7. The molecule has 0 saturated heterocycles. The van der Waals surface area contributed by atoms with Crippen molar-refractivity contribution in [1.29, 1.82) is 0 Å². The zero-order chi connectivity index (χ0) is 48.4. The highest BCUT2D eigenvalue weighted by molar-refractivity contribution is 7.47. The fourth-order valence-corrected chi connectivity index (χ4v) is 7.52. The van der Waals surface area contributed by atoms with E-state index in [4.69, 9.17) is 13.8 Å². The van der Waals surface area contributed by atoms with Gasteiger partial charge < -0.3 is 25.2 Å². The Morgan fingerprint density at radius 2 is 0.894 bits per heavy atom. The molecule has 0 aliphatic carbocycles. The van der Waals surface area contributed by atoms with E-state index in [2.05, 4.69) is 86.0 Å². The van der Waals surface area contributed by atoms with Crippen LogP contribution in [0.25, 0.3) is 0 Å². The Bertz CT molecular complexity index is 1440. The molecule has 0 aliphatic rings. The number of allylic oxidation sites excluding steroid dienone is 14. The Morgan fingerprint density at radius 1 is 0.500 bits per heavy atom. The van der Waals surface area contributed by atoms with Crippen molar-refractivity contribution in [2.45, 2.75) is 219 Å². The summed E-state index contributed by atoms with van der Waals surface area (Å²) in [7, 11) is -4.79. The van der Waals surface area contributed by atoms with Gasteiger partial charge in [0.05, 0.1) is 13.2 Å². The molecule has 0 heterocycles. The Balaban J connectivity index is 3.90. The van der Waals surface area contributed by atoms with Crippen LogP contribution in [0.5, 0.6) is 0 Å². The summed E-state index contributed by atoms with van der Waals surface area (Å²) in [5.41, 5.74) is 0. The number of nitrogens with one attached hydrogen (secondary N) is 1. The molecule has 0 spiro atoms. The highest BCUT2D eigenvalue weighted by Gasteiger charge is 2.28. The summed E-state index contributed by atoms with van der Waals surface area (Å²) in [4.78, 5) is 46.1. The van der Waals surface area contributed by atoms with Crippen LogP contribution in [0.2, 0.25) is 0 Å². The molecule has 4 N–H and O–H groups in total. The van der Waals surface area contributed by atoms with Crippen molar-refractivity contribution in [1.82, 2.24) is 5.32 Å². The van der Waals surface area contributed by atoms with Crippen molar-refractivity contribution in [3.8, 4) is 0 Å². The first kappa shape index (κ1) is 62.7. The monoisotopic (exact) mass is 946 g/mol. The number of carboxylic acids is 1. The van der Waals surface area contributed by atoms with Crippen molar-refractivity contribution < 1.29 is 47.8 Å². The maximum atomic E-state index is 12.3. The lowest BCUT2D eigenvalue weighted by Gasteiger charge is -2.18. The van der Waals surface area contributed by atoms with Crippen molar-refractivity contribution in [3.05, 3.63) is 85.1 Å². The number of unbranched alkanes of at least 4 members (excludes halogenated alkanes) is 19. The van der Waals surface area contributed by atoms with Gasteiger partial charge in [0.2, 0.25) is 5.91 Å². The van der Waals surface area contributed by atoms with Gasteiger partial charge in [0.15, 0.2) is 6.04 Å². The van der Waals surface area contributed by atoms with Gasteiger partial charge in [-0.2, -0.15) is 0 Å². The van der Waals surface area contributed by atoms with Gasteiger partial charge in [-0.05, 0) is 77.0 Å². The predicted octanol–water partition coefficient (Wildman–Crippen LogP) is 14.2. The molecule has 3 unspecified atom stereocenters. The average molecular weight is 946 g/mol. The minimum atomic E-state index is -4.79. The van der Waals surface area contributed by atoms with E-state index >= 15 is 0 Å². The van der Waals surface area contributed by atoms with Crippen molar-refractivity contribution in [2.24, 2.45) is 0 Å². The molecule has 11 nitrogen and oxygen atoms in total. The number of phosphoric acid groups is 1. The standard InChI is InChI=1S/C54H92NO10P/c1-3-5-7-9-11-13-15-17-19-21-23-24-25-26-28-30-32-34-36-38-40-42-44-46-53(58)63-47-50(56)48-64-66(61,62)65-49-51(54(59)60)55-52(57)45-43-41-39-37-35-33-31-29-27-22-20-18-16-14-12-10-8-6-4-2/h6,8,12,14,17-20,27,29,33,35,39,41,50-51,56H,3-5,7,9-11,13,15-16,21-26,28,30-32,34,36-38,40,42-49H2,1-2H3,(H,55,57)(H,59,60)(H,61,62)/b8-6-,14-12-,19-17+,20-18-,29-27-,35-33-,41-39-. The lowest BCUT2D eigenvalue weighted by atomic mass is 10.0. The highest BCUT2D eigenvalue weighted by Crippen LogP contribution is 2.43. The van der Waals surface area contributed by atoms with E-state index in [1.807, 2.05) is 18.2 Å². The van der Waals surface area contributed by atoms with Crippen LogP contribution in [0.1, 0.15) is 206 Å². The topological polar surface area (TPSA) is 169 Å². The van der Waals surface area contributed by atoms with E-state index in [9.17, 15) is 34.1 Å². The summed E-state index contributed by atoms with van der Waals surface area (Å²) in [6, 6.07) is -1.59. The van der Waals surface area contributed by atoms with Crippen LogP contribution in [0, 0.1) is 0 Å². The molecule has 0 radical (unpaired) electrons. The van der Waals surface area contributed by atoms with Crippen molar-refractivity contribution in [3.63, 3.8) is 0 Å². The van der Waals surface area contributed by atoms with Gasteiger partial charge in [0, 0.05) is 12.8 Å². The number of hydrogen-bond donors (Lipinski definition) is 4. The minimum Gasteiger partial charge on any atom is -0.480 e. The third kappa shape index (κ3) is 47.2.